The molecule has 2 aromatic carbocycles. The number of aromatic nitrogens is 2. The Morgan fingerprint density at radius 1 is 1.22 bits per heavy atom. The molecule has 0 spiro atoms. The van der Waals surface area contributed by atoms with Gasteiger partial charge in [-0.05, 0) is 54.7 Å². The molecule has 1 atom stereocenters. The molecule has 0 fully saturated rings. The number of halogens is 1. The summed E-state index contributed by atoms with van der Waals surface area (Å²) in [7, 11) is -2.78. The molecule has 1 aliphatic heterocycles. The average Bonchev–Trinajstić information content (AvgIpc) is 2.78. The van der Waals surface area contributed by atoms with Crippen molar-refractivity contribution in [3.8, 4) is 11.5 Å². The minimum absolute atomic E-state index is 0.0471. The van der Waals surface area contributed by atoms with Gasteiger partial charge in [0.25, 0.3) is 10.0 Å². The maximum atomic E-state index is 15.1. The molecule has 3 aromatic rings. The van der Waals surface area contributed by atoms with E-state index in [0.717, 1.165) is 16.3 Å². The van der Waals surface area contributed by atoms with Crippen molar-refractivity contribution in [3.05, 3.63) is 71.3 Å². The van der Waals surface area contributed by atoms with E-state index in [4.69, 9.17) is 9.47 Å². The minimum atomic E-state index is -4.34. The highest BCUT2D eigenvalue weighted by Crippen LogP contribution is 2.37. The molecule has 0 amide bonds. The Labute approximate surface area is 186 Å². The molecule has 0 saturated heterocycles. The second-order valence-electron chi connectivity index (χ2n) is 7.71. The van der Waals surface area contributed by atoms with E-state index in [1.165, 1.54) is 24.5 Å². The first-order valence-corrected chi connectivity index (χ1v) is 11.6. The van der Waals surface area contributed by atoms with Crippen LogP contribution >= 0.6 is 0 Å². The van der Waals surface area contributed by atoms with E-state index in [1.807, 2.05) is 13.8 Å². The van der Waals surface area contributed by atoms with Crippen LogP contribution in [-0.4, -0.2) is 32.1 Å². The summed E-state index contributed by atoms with van der Waals surface area (Å²) in [5.41, 5.74) is 2.20. The average molecular weight is 458 g/mol. The molecule has 7 nitrogen and oxygen atoms in total. The summed E-state index contributed by atoms with van der Waals surface area (Å²) < 4.78 is 54.4. The molecule has 168 valence electrons. The quantitative estimate of drug-likeness (QED) is 0.551. The zero-order valence-corrected chi connectivity index (χ0v) is 18.9. The summed E-state index contributed by atoms with van der Waals surface area (Å²) in [5, 5.41) is 0. The largest absolute Gasteiger partial charge is 0.497 e. The van der Waals surface area contributed by atoms with Crippen molar-refractivity contribution in [1.82, 2.24) is 9.97 Å². The van der Waals surface area contributed by atoms with E-state index in [2.05, 4.69) is 9.97 Å². The Kier molecular flexibility index (Phi) is 6.01. The summed E-state index contributed by atoms with van der Waals surface area (Å²) >= 11 is 0. The van der Waals surface area contributed by atoms with Gasteiger partial charge < -0.3 is 9.47 Å². The molecule has 32 heavy (non-hydrogen) atoms. The highest BCUT2D eigenvalue weighted by molar-refractivity contribution is 7.92. The molecule has 0 N–H and O–H groups in total. The van der Waals surface area contributed by atoms with E-state index in [9.17, 15) is 8.42 Å². The second kappa shape index (κ2) is 8.74. The van der Waals surface area contributed by atoms with Crippen molar-refractivity contribution >= 4 is 16.0 Å². The molecule has 1 aliphatic rings. The molecule has 0 aliphatic carbocycles. The zero-order chi connectivity index (χ0) is 22.9. The smallest absolute Gasteiger partial charge is 0.270 e. The van der Waals surface area contributed by atoms with Gasteiger partial charge >= 0.3 is 0 Å². The molecule has 0 saturated carbocycles. The normalized spacial score (nSPS) is 15.6. The summed E-state index contributed by atoms with van der Waals surface area (Å²) in [6.45, 7) is 4.19. The van der Waals surface area contributed by atoms with Gasteiger partial charge in [-0.3, -0.25) is 0 Å². The maximum absolute atomic E-state index is 15.1. The van der Waals surface area contributed by atoms with Crippen LogP contribution < -0.4 is 13.8 Å². The van der Waals surface area contributed by atoms with Crippen molar-refractivity contribution in [1.29, 1.82) is 0 Å². The van der Waals surface area contributed by atoms with E-state index >= 15 is 4.39 Å². The highest BCUT2D eigenvalue weighted by Gasteiger charge is 2.33. The van der Waals surface area contributed by atoms with Crippen LogP contribution in [0.25, 0.3) is 0 Å². The molecule has 1 aromatic heterocycles. The lowest BCUT2D eigenvalue weighted by atomic mass is 9.95. The van der Waals surface area contributed by atoms with E-state index in [0.29, 0.717) is 29.2 Å². The number of benzene rings is 2. The number of anilines is 1. The van der Waals surface area contributed by atoms with Crippen LogP contribution in [-0.2, 0) is 16.6 Å². The predicted octanol–water partition coefficient (Wildman–Crippen LogP) is 4.21. The van der Waals surface area contributed by atoms with Crippen LogP contribution in [0.5, 0.6) is 11.5 Å². The topological polar surface area (TPSA) is 81.6 Å². The number of methoxy groups -OCH3 is 1. The number of hydrogen-bond donors (Lipinski definition) is 0. The van der Waals surface area contributed by atoms with E-state index < -0.39 is 20.7 Å². The van der Waals surface area contributed by atoms with Crippen LogP contribution in [0.3, 0.4) is 0 Å². The molecule has 2 heterocycles. The maximum Gasteiger partial charge on any atom is 0.270 e. The van der Waals surface area contributed by atoms with Crippen LogP contribution in [0.1, 0.15) is 36.0 Å². The second-order valence-corrected chi connectivity index (χ2v) is 9.54. The summed E-state index contributed by atoms with van der Waals surface area (Å²) in [6, 6.07) is 9.44. The standard InChI is InChI=1S/C23H24FN3O4S/c1-15-7-10-31-21-13-22(20(24)12-19(15)21)32(28,29)27(23-25-8-4-9-26-23)14-17-5-6-18(30-3)11-16(17)2/h4-6,8-9,11-13,15H,7,10,14H2,1-3H3/t15-/m1/s1. The molecule has 0 radical (unpaired) electrons. The third kappa shape index (κ3) is 4.12. The van der Waals surface area contributed by atoms with Crippen molar-refractivity contribution < 1.29 is 22.3 Å². The number of nitrogens with zero attached hydrogens (tertiary/aromatic N) is 3. The highest BCUT2D eigenvalue weighted by atomic mass is 32.2. The van der Waals surface area contributed by atoms with Crippen molar-refractivity contribution in [2.24, 2.45) is 0 Å². The van der Waals surface area contributed by atoms with Crippen LogP contribution in [0.2, 0.25) is 0 Å². The van der Waals surface area contributed by atoms with Gasteiger partial charge in [0.1, 0.15) is 22.2 Å². The summed E-state index contributed by atoms with van der Waals surface area (Å²) in [4.78, 5) is 7.77. The number of aryl methyl sites for hydroxylation is 1. The van der Waals surface area contributed by atoms with Gasteiger partial charge in [0.15, 0.2) is 0 Å². The van der Waals surface area contributed by atoms with Gasteiger partial charge in [0.05, 0.1) is 20.3 Å². The molecule has 0 unspecified atom stereocenters. The van der Waals surface area contributed by atoms with Crippen molar-refractivity contribution in [2.75, 3.05) is 18.0 Å². The van der Waals surface area contributed by atoms with Crippen LogP contribution in [0.4, 0.5) is 10.3 Å². The van der Waals surface area contributed by atoms with E-state index in [1.54, 1.807) is 31.4 Å². The number of fused-ring (bicyclic) bond motifs is 1. The summed E-state index contributed by atoms with van der Waals surface area (Å²) in [6.07, 6.45) is 3.64. The fraction of sp³-hybridized carbons (Fsp3) is 0.304. The van der Waals surface area contributed by atoms with Gasteiger partial charge in [-0.1, -0.05) is 13.0 Å². The SMILES string of the molecule is COc1ccc(CN(c2ncccn2)S(=O)(=O)c2cc3c(cc2F)[C@H](C)CCO3)c(C)c1. The predicted molar refractivity (Wildman–Crippen MR) is 118 cm³/mol. The van der Waals surface area contributed by atoms with Gasteiger partial charge in [-0.15, -0.1) is 0 Å². The van der Waals surface area contributed by atoms with Gasteiger partial charge in [0, 0.05) is 24.0 Å². The molecule has 4 rings (SSSR count). The lowest BCUT2D eigenvalue weighted by molar-refractivity contribution is 0.270. The zero-order valence-electron chi connectivity index (χ0n) is 18.1. The monoisotopic (exact) mass is 457 g/mol. The van der Waals surface area contributed by atoms with Gasteiger partial charge in [-0.2, -0.15) is 0 Å². The molecular formula is C23H24FN3O4S. The summed E-state index contributed by atoms with van der Waals surface area (Å²) in [5.74, 6) is 0.255. The molecular weight excluding hydrogens is 433 g/mol. The van der Waals surface area contributed by atoms with Crippen LogP contribution in [0, 0.1) is 12.7 Å². The van der Waals surface area contributed by atoms with Crippen LogP contribution in [0.15, 0.2) is 53.7 Å². The fourth-order valence-corrected chi connectivity index (χ4v) is 5.11. The Bertz CT molecular complexity index is 1240. The third-order valence-corrected chi connectivity index (χ3v) is 7.35. The van der Waals surface area contributed by atoms with Gasteiger partial charge in [-0.25, -0.2) is 27.1 Å². The Morgan fingerprint density at radius 2 is 1.97 bits per heavy atom. The lowest BCUT2D eigenvalue weighted by Crippen LogP contribution is -2.33. The first-order chi connectivity index (χ1) is 15.3. The Balaban J connectivity index is 1.81. The number of sulfonamides is 1. The van der Waals surface area contributed by atoms with Crippen molar-refractivity contribution in [2.45, 2.75) is 37.6 Å². The Hall–Kier alpha value is -3.20. The van der Waals surface area contributed by atoms with Gasteiger partial charge in [0.2, 0.25) is 5.95 Å². The minimum Gasteiger partial charge on any atom is -0.497 e. The molecule has 9 heteroatoms. The van der Waals surface area contributed by atoms with E-state index in [-0.39, 0.29) is 18.4 Å². The number of hydrogen-bond acceptors (Lipinski definition) is 6. The first-order valence-electron chi connectivity index (χ1n) is 10.2. The number of rotatable bonds is 6. The first kappa shape index (κ1) is 22.0. The lowest BCUT2D eigenvalue weighted by Gasteiger charge is -2.26. The van der Waals surface area contributed by atoms with Crippen molar-refractivity contribution in [3.63, 3.8) is 0 Å². The Morgan fingerprint density at radius 3 is 2.66 bits per heavy atom. The number of ether oxygens (including phenoxy) is 2. The third-order valence-electron chi connectivity index (χ3n) is 5.61. The molecule has 0 bridgehead atoms. The fourth-order valence-electron chi connectivity index (χ4n) is 3.69.